The van der Waals surface area contributed by atoms with Gasteiger partial charge in [-0.15, -0.1) is 0 Å². The van der Waals surface area contributed by atoms with Crippen molar-refractivity contribution < 1.29 is 23.3 Å². The Kier molecular flexibility index (Phi) is 4.55. The summed E-state index contributed by atoms with van der Waals surface area (Å²) in [7, 11) is -2.00. The van der Waals surface area contributed by atoms with Gasteiger partial charge in [0, 0.05) is 0 Å². The normalized spacial score (nSPS) is 13.9. The van der Waals surface area contributed by atoms with Crippen molar-refractivity contribution in [3.63, 3.8) is 0 Å². The molecule has 0 spiro atoms. The fraction of sp³-hybridized carbons (Fsp3) is 0.273. The average Bonchev–Trinajstić information content (AvgIpc) is 2.29. The highest BCUT2D eigenvalue weighted by Gasteiger charge is 2.25. The Morgan fingerprint density at radius 3 is 2.56 bits per heavy atom. The maximum atomic E-state index is 13.5. The summed E-state index contributed by atoms with van der Waals surface area (Å²) in [5.41, 5.74) is 4.87. The Balaban J connectivity index is 3.23. The van der Waals surface area contributed by atoms with Crippen LogP contribution in [-0.4, -0.2) is 26.4 Å². The van der Waals surface area contributed by atoms with Crippen molar-refractivity contribution in [3.05, 3.63) is 29.6 Å². The number of aromatic carboxylic acids is 1. The van der Waals surface area contributed by atoms with Crippen LogP contribution in [0.2, 0.25) is 0 Å². The molecule has 1 aromatic rings. The molecule has 0 aliphatic heterocycles. The van der Waals surface area contributed by atoms with Crippen molar-refractivity contribution >= 4 is 22.7 Å². The molecule has 1 amide bonds. The fourth-order valence-electron chi connectivity index (χ4n) is 1.40. The monoisotopic (exact) mass is 273 g/mol. The quantitative estimate of drug-likeness (QED) is 0.832. The van der Waals surface area contributed by atoms with Gasteiger partial charge >= 0.3 is 5.97 Å². The lowest BCUT2D eigenvalue weighted by Crippen LogP contribution is -2.32. The number of amides is 1. The molecule has 0 heterocycles. The minimum atomic E-state index is -2.00. The number of benzene rings is 1. The molecule has 0 radical (unpaired) electrons. The first-order valence-electron chi connectivity index (χ1n) is 5.11. The lowest BCUT2D eigenvalue weighted by molar-refractivity contribution is -0.117. The first kappa shape index (κ1) is 14.3. The molecule has 1 aromatic carbocycles. The van der Waals surface area contributed by atoms with E-state index in [9.17, 15) is 18.2 Å². The molecular formula is C11H12FNO4S. The molecule has 0 saturated carbocycles. The SMILES string of the molecule is CCC(C(N)=O)S(=O)c1cc(C(=O)O)ccc1F. The highest BCUT2D eigenvalue weighted by Crippen LogP contribution is 2.19. The van der Waals surface area contributed by atoms with Crippen LogP contribution in [0.4, 0.5) is 4.39 Å². The van der Waals surface area contributed by atoms with Gasteiger partial charge in [0.15, 0.2) is 0 Å². The first-order valence-corrected chi connectivity index (χ1v) is 6.32. The molecule has 7 heteroatoms. The van der Waals surface area contributed by atoms with Gasteiger partial charge in [-0.1, -0.05) is 6.92 Å². The smallest absolute Gasteiger partial charge is 0.335 e. The van der Waals surface area contributed by atoms with Crippen LogP contribution < -0.4 is 5.73 Å². The third-order valence-corrected chi connectivity index (χ3v) is 4.17. The van der Waals surface area contributed by atoms with Gasteiger partial charge in [-0.25, -0.2) is 9.18 Å². The Labute approximate surface area is 105 Å². The molecular weight excluding hydrogens is 261 g/mol. The van der Waals surface area contributed by atoms with E-state index < -0.39 is 33.7 Å². The molecule has 18 heavy (non-hydrogen) atoms. The molecule has 0 aromatic heterocycles. The highest BCUT2D eigenvalue weighted by atomic mass is 32.2. The van der Waals surface area contributed by atoms with E-state index in [1.54, 1.807) is 6.92 Å². The molecule has 0 aliphatic carbocycles. The number of primary amides is 1. The van der Waals surface area contributed by atoms with Crippen molar-refractivity contribution in [2.24, 2.45) is 5.73 Å². The Hall–Kier alpha value is -1.76. The zero-order chi connectivity index (χ0) is 13.9. The third kappa shape index (κ3) is 2.92. The Morgan fingerprint density at radius 1 is 1.50 bits per heavy atom. The van der Waals surface area contributed by atoms with Crippen molar-refractivity contribution in [3.8, 4) is 0 Å². The molecule has 2 unspecified atom stereocenters. The van der Waals surface area contributed by atoms with Gasteiger partial charge < -0.3 is 10.8 Å². The Morgan fingerprint density at radius 2 is 2.11 bits per heavy atom. The summed E-state index contributed by atoms with van der Waals surface area (Å²) in [5.74, 6) is -2.89. The van der Waals surface area contributed by atoms with Gasteiger partial charge in [0.1, 0.15) is 11.1 Å². The molecule has 1 rings (SSSR count). The van der Waals surface area contributed by atoms with Crippen LogP contribution in [0.3, 0.4) is 0 Å². The summed E-state index contributed by atoms with van der Waals surface area (Å²) in [5, 5.41) is 7.74. The van der Waals surface area contributed by atoms with Crippen LogP contribution >= 0.6 is 0 Å². The third-order valence-electron chi connectivity index (χ3n) is 2.34. The molecule has 0 aliphatic rings. The first-order chi connectivity index (χ1) is 8.38. The molecule has 98 valence electrons. The molecule has 0 fully saturated rings. The van der Waals surface area contributed by atoms with Crippen molar-refractivity contribution in [1.29, 1.82) is 0 Å². The van der Waals surface area contributed by atoms with E-state index in [4.69, 9.17) is 10.8 Å². The number of carbonyl (C=O) groups is 2. The van der Waals surface area contributed by atoms with Gasteiger partial charge in [0.2, 0.25) is 5.91 Å². The summed E-state index contributed by atoms with van der Waals surface area (Å²) in [6, 6.07) is 2.92. The van der Waals surface area contributed by atoms with E-state index in [0.29, 0.717) is 0 Å². The van der Waals surface area contributed by atoms with Crippen LogP contribution in [0, 0.1) is 5.82 Å². The number of halogens is 1. The van der Waals surface area contributed by atoms with Crippen LogP contribution in [0.25, 0.3) is 0 Å². The topological polar surface area (TPSA) is 97.5 Å². The van der Waals surface area contributed by atoms with Crippen molar-refractivity contribution in [1.82, 2.24) is 0 Å². The minimum absolute atomic E-state index is 0.179. The number of carbonyl (C=O) groups excluding carboxylic acids is 1. The summed E-state index contributed by atoms with van der Waals surface area (Å²) in [4.78, 5) is 21.5. The lowest BCUT2D eigenvalue weighted by atomic mass is 10.2. The van der Waals surface area contributed by atoms with Gasteiger partial charge in [0.25, 0.3) is 0 Å². The maximum Gasteiger partial charge on any atom is 0.335 e. The largest absolute Gasteiger partial charge is 0.478 e. The second kappa shape index (κ2) is 5.72. The van der Waals surface area contributed by atoms with Crippen molar-refractivity contribution in [2.75, 3.05) is 0 Å². The second-order valence-electron chi connectivity index (χ2n) is 3.55. The Bertz CT molecular complexity index is 518. The van der Waals surface area contributed by atoms with Crippen molar-refractivity contribution in [2.45, 2.75) is 23.5 Å². The number of nitrogens with two attached hydrogens (primary N) is 1. The van der Waals surface area contributed by atoms with E-state index in [2.05, 4.69) is 0 Å². The van der Waals surface area contributed by atoms with Crippen LogP contribution in [0.1, 0.15) is 23.7 Å². The molecule has 0 saturated heterocycles. The van der Waals surface area contributed by atoms with Gasteiger partial charge in [0.05, 0.1) is 21.3 Å². The van der Waals surface area contributed by atoms with Gasteiger partial charge in [-0.2, -0.15) is 0 Å². The predicted octanol–water partition coefficient (Wildman–Crippen LogP) is 0.895. The van der Waals surface area contributed by atoms with E-state index in [1.165, 1.54) is 0 Å². The lowest BCUT2D eigenvalue weighted by Gasteiger charge is -2.11. The average molecular weight is 273 g/mol. The molecule has 5 nitrogen and oxygen atoms in total. The fourth-order valence-corrected chi connectivity index (χ4v) is 2.73. The zero-order valence-electron chi connectivity index (χ0n) is 9.55. The van der Waals surface area contributed by atoms with E-state index in [1.807, 2.05) is 0 Å². The number of carboxylic acids is 1. The van der Waals surface area contributed by atoms with E-state index >= 15 is 0 Å². The number of carboxylic acid groups (broad SMARTS) is 1. The standard InChI is InChI=1S/C11H12FNO4S/c1-2-8(10(13)14)18(17)9-5-6(11(15)16)3-4-7(9)12/h3-5,8H,2H2,1H3,(H2,13,14)(H,15,16). The van der Waals surface area contributed by atoms with E-state index in [0.717, 1.165) is 18.2 Å². The predicted molar refractivity (Wildman–Crippen MR) is 63.0 cm³/mol. The molecule has 2 atom stereocenters. The van der Waals surface area contributed by atoms with Crippen LogP contribution in [0.5, 0.6) is 0 Å². The highest BCUT2D eigenvalue weighted by molar-refractivity contribution is 7.86. The number of rotatable bonds is 5. The summed E-state index contributed by atoms with van der Waals surface area (Å²) < 4.78 is 25.5. The van der Waals surface area contributed by atoms with Gasteiger partial charge in [-0.3, -0.25) is 9.00 Å². The van der Waals surface area contributed by atoms with E-state index in [-0.39, 0.29) is 16.9 Å². The van der Waals surface area contributed by atoms with Gasteiger partial charge in [-0.05, 0) is 24.6 Å². The maximum absolute atomic E-state index is 13.5. The summed E-state index contributed by atoms with van der Waals surface area (Å²) in [6.07, 6.45) is 0.179. The van der Waals surface area contributed by atoms with Crippen LogP contribution in [-0.2, 0) is 15.6 Å². The number of hydrogen-bond acceptors (Lipinski definition) is 3. The summed E-state index contributed by atoms with van der Waals surface area (Å²) in [6.45, 7) is 1.59. The summed E-state index contributed by atoms with van der Waals surface area (Å²) >= 11 is 0. The molecule has 0 bridgehead atoms. The zero-order valence-corrected chi connectivity index (χ0v) is 10.4. The van der Waals surface area contributed by atoms with Crippen LogP contribution in [0.15, 0.2) is 23.1 Å². The second-order valence-corrected chi connectivity index (χ2v) is 5.15. The minimum Gasteiger partial charge on any atom is -0.478 e. The number of hydrogen-bond donors (Lipinski definition) is 2. The molecule has 3 N–H and O–H groups in total.